The van der Waals surface area contributed by atoms with Crippen molar-refractivity contribution in [3.05, 3.63) is 35.4 Å². The second kappa shape index (κ2) is 15.1. The van der Waals surface area contributed by atoms with Crippen molar-refractivity contribution in [3.63, 3.8) is 0 Å². The fourth-order valence-corrected chi connectivity index (χ4v) is 4.01. The summed E-state index contributed by atoms with van der Waals surface area (Å²) in [6.45, 7) is 9.52. The largest absolute Gasteiger partial charge is 0.352 e. The predicted molar refractivity (Wildman–Crippen MR) is 123 cm³/mol. The number of halogens is 2. The van der Waals surface area contributed by atoms with E-state index in [2.05, 4.69) is 48.3 Å². The Bertz CT molecular complexity index is 529. The smallest absolute Gasteiger partial charge is 0.220 e. The average Bonchev–Trinajstić information content (AvgIpc) is 2.60. The lowest BCUT2D eigenvalue weighted by molar-refractivity contribution is -0.121. The molecular formula is C22H39Cl2N3O. The minimum absolute atomic E-state index is 0. The Morgan fingerprint density at radius 2 is 1.57 bits per heavy atom. The number of benzene rings is 1. The van der Waals surface area contributed by atoms with Gasteiger partial charge in [0.2, 0.25) is 5.91 Å². The number of hydrogen-bond acceptors (Lipinski definition) is 3. The zero-order chi connectivity index (χ0) is 18.8. The second-order valence-corrected chi connectivity index (χ2v) is 8.19. The van der Waals surface area contributed by atoms with Crippen LogP contribution in [0.1, 0.15) is 63.5 Å². The van der Waals surface area contributed by atoms with E-state index < -0.39 is 0 Å². The number of unbranched alkanes of at least 4 members (excludes halogenated alkanes) is 3. The standard InChI is InChI=1S/C22H37N3O.2ClH/c1-18-13-19(2)16-25(15-18)17-21-10-8-20(9-11-21)14-24-22(26)7-5-3-4-6-12-23;;/h8-11,18-19H,3-7,12-17,23H2,1-2H3,(H,24,26);2*1H. The van der Waals surface area contributed by atoms with Gasteiger partial charge >= 0.3 is 0 Å². The van der Waals surface area contributed by atoms with Crippen LogP contribution in [-0.4, -0.2) is 30.4 Å². The summed E-state index contributed by atoms with van der Waals surface area (Å²) in [5.74, 6) is 1.74. The van der Waals surface area contributed by atoms with Crippen LogP contribution >= 0.6 is 24.8 Å². The summed E-state index contributed by atoms with van der Waals surface area (Å²) in [4.78, 5) is 14.5. The maximum atomic E-state index is 11.9. The Morgan fingerprint density at radius 1 is 1.00 bits per heavy atom. The Balaban J connectivity index is 0.00000364. The van der Waals surface area contributed by atoms with E-state index in [4.69, 9.17) is 5.73 Å². The Morgan fingerprint density at radius 3 is 2.18 bits per heavy atom. The van der Waals surface area contributed by atoms with Crippen LogP contribution in [0.3, 0.4) is 0 Å². The van der Waals surface area contributed by atoms with Crippen molar-refractivity contribution in [1.82, 2.24) is 10.2 Å². The number of nitrogens with zero attached hydrogens (tertiary/aromatic N) is 1. The van der Waals surface area contributed by atoms with E-state index in [1.807, 2.05) is 0 Å². The second-order valence-electron chi connectivity index (χ2n) is 8.19. The normalized spacial score (nSPS) is 19.4. The maximum absolute atomic E-state index is 11.9. The van der Waals surface area contributed by atoms with E-state index in [9.17, 15) is 4.79 Å². The number of piperidine rings is 1. The van der Waals surface area contributed by atoms with Crippen molar-refractivity contribution in [2.75, 3.05) is 19.6 Å². The number of nitrogens with one attached hydrogen (secondary N) is 1. The van der Waals surface area contributed by atoms with E-state index >= 15 is 0 Å². The zero-order valence-electron chi connectivity index (χ0n) is 17.5. The first-order valence-electron chi connectivity index (χ1n) is 10.3. The van der Waals surface area contributed by atoms with Crippen LogP contribution in [0.15, 0.2) is 24.3 Å². The minimum Gasteiger partial charge on any atom is -0.352 e. The number of rotatable bonds is 10. The molecule has 2 unspecified atom stereocenters. The van der Waals surface area contributed by atoms with Crippen molar-refractivity contribution in [3.8, 4) is 0 Å². The number of hydrogen-bond donors (Lipinski definition) is 2. The lowest BCUT2D eigenvalue weighted by atomic mass is 9.91. The van der Waals surface area contributed by atoms with Crippen molar-refractivity contribution >= 4 is 30.7 Å². The highest BCUT2D eigenvalue weighted by Gasteiger charge is 2.21. The molecule has 1 fully saturated rings. The third-order valence-corrected chi connectivity index (χ3v) is 5.22. The molecule has 2 atom stereocenters. The van der Waals surface area contributed by atoms with Crippen molar-refractivity contribution in [2.45, 2.75) is 65.5 Å². The van der Waals surface area contributed by atoms with Gasteiger partial charge in [-0.2, -0.15) is 0 Å². The Hall–Kier alpha value is -0.810. The van der Waals surface area contributed by atoms with Crippen LogP contribution < -0.4 is 11.1 Å². The van der Waals surface area contributed by atoms with Crippen LogP contribution in [-0.2, 0) is 17.9 Å². The molecule has 1 amide bonds. The van der Waals surface area contributed by atoms with E-state index in [0.717, 1.165) is 50.6 Å². The molecule has 1 heterocycles. The van der Waals surface area contributed by atoms with E-state index in [0.29, 0.717) is 13.0 Å². The molecule has 2 rings (SSSR count). The van der Waals surface area contributed by atoms with Crippen LogP contribution in [0, 0.1) is 11.8 Å². The van der Waals surface area contributed by atoms with Gasteiger partial charge in [-0.25, -0.2) is 0 Å². The summed E-state index contributed by atoms with van der Waals surface area (Å²) >= 11 is 0. The van der Waals surface area contributed by atoms with Gasteiger partial charge in [0.15, 0.2) is 0 Å². The minimum atomic E-state index is 0. The van der Waals surface area contributed by atoms with E-state index in [1.54, 1.807) is 0 Å². The SMILES string of the molecule is CC1CC(C)CN(Cc2ccc(CNC(=O)CCCCCCN)cc2)C1.Cl.Cl. The molecule has 0 radical (unpaired) electrons. The molecule has 4 nitrogen and oxygen atoms in total. The first-order valence-corrected chi connectivity index (χ1v) is 10.3. The van der Waals surface area contributed by atoms with Crippen molar-refractivity contribution < 1.29 is 4.79 Å². The molecule has 1 saturated heterocycles. The number of nitrogens with two attached hydrogens (primary N) is 1. The van der Waals surface area contributed by atoms with Gasteiger partial charge in [-0.05, 0) is 48.8 Å². The molecule has 0 spiro atoms. The first-order chi connectivity index (χ1) is 12.6. The zero-order valence-corrected chi connectivity index (χ0v) is 19.1. The van der Waals surface area contributed by atoms with Gasteiger partial charge in [-0.1, -0.05) is 51.0 Å². The van der Waals surface area contributed by atoms with E-state index in [-0.39, 0.29) is 30.7 Å². The topological polar surface area (TPSA) is 58.4 Å². The van der Waals surface area contributed by atoms with Gasteiger partial charge in [0, 0.05) is 32.6 Å². The van der Waals surface area contributed by atoms with Crippen LogP contribution in [0.25, 0.3) is 0 Å². The van der Waals surface area contributed by atoms with E-state index in [1.165, 1.54) is 30.6 Å². The van der Waals surface area contributed by atoms with Gasteiger partial charge in [0.05, 0.1) is 0 Å². The summed E-state index contributed by atoms with van der Waals surface area (Å²) in [5, 5.41) is 3.03. The molecule has 0 aliphatic carbocycles. The van der Waals surface area contributed by atoms with Gasteiger partial charge in [-0.15, -0.1) is 24.8 Å². The molecule has 6 heteroatoms. The molecule has 0 bridgehead atoms. The average molecular weight is 432 g/mol. The summed E-state index contributed by atoms with van der Waals surface area (Å²) in [5.41, 5.74) is 8.01. The molecule has 0 aromatic heterocycles. The molecule has 3 N–H and O–H groups in total. The summed E-state index contributed by atoms with van der Waals surface area (Å²) in [6.07, 6.45) is 6.20. The molecule has 1 aromatic carbocycles. The third kappa shape index (κ3) is 10.7. The van der Waals surface area contributed by atoms with Crippen LogP contribution in [0.4, 0.5) is 0 Å². The monoisotopic (exact) mass is 431 g/mol. The highest BCUT2D eigenvalue weighted by Crippen LogP contribution is 2.22. The quantitative estimate of drug-likeness (QED) is 0.534. The number of carbonyl (C=O) groups is 1. The van der Waals surface area contributed by atoms with Gasteiger partial charge in [0.1, 0.15) is 0 Å². The molecule has 162 valence electrons. The Kier molecular flexibility index (Phi) is 14.6. The highest BCUT2D eigenvalue weighted by atomic mass is 35.5. The highest BCUT2D eigenvalue weighted by molar-refractivity contribution is 5.85. The lowest BCUT2D eigenvalue weighted by Gasteiger charge is -2.35. The van der Waals surface area contributed by atoms with Crippen LogP contribution in [0.5, 0.6) is 0 Å². The lowest BCUT2D eigenvalue weighted by Crippen LogP contribution is -2.38. The third-order valence-electron chi connectivity index (χ3n) is 5.22. The predicted octanol–water partition coefficient (Wildman–Crippen LogP) is 4.53. The van der Waals surface area contributed by atoms with Gasteiger partial charge in [0.25, 0.3) is 0 Å². The molecule has 1 aliphatic heterocycles. The molecule has 0 saturated carbocycles. The summed E-state index contributed by atoms with van der Waals surface area (Å²) in [7, 11) is 0. The van der Waals surface area contributed by atoms with Crippen molar-refractivity contribution in [1.29, 1.82) is 0 Å². The molecule has 1 aliphatic rings. The fourth-order valence-electron chi connectivity index (χ4n) is 4.01. The van der Waals surface area contributed by atoms with Gasteiger partial charge < -0.3 is 11.1 Å². The number of carbonyl (C=O) groups excluding carboxylic acids is 1. The molecular weight excluding hydrogens is 393 g/mol. The summed E-state index contributed by atoms with van der Waals surface area (Å²) < 4.78 is 0. The van der Waals surface area contributed by atoms with Gasteiger partial charge in [-0.3, -0.25) is 9.69 Å². The number of amides is 1. The maximum Gasteiger partial charge on any atom is 0.220 e. The molecule has 1 aromatic rings. The van der Waals surface area contributed by atoms with Crippen LogP contribution in [0.2, 0.25) is 0 Å². The molecule has 28 heavy (non-hydrogen) atoms. The number of likely N-dealkylation sites (tertiary alicyclic amines) is 1. The first kappa shape index (κ1) is 27.2. The Labute approximate surface area is 183 Å². The summed E-state index contributed by atoms with van der Waals surface area (Å²) in [6, 6.07) is 8.71. The fraction of sp³-hybridized carbons (Fsp3) is 0.682. The van der Waals surface area contributed by atoms with Crippen molar-refractivity contribution in [2.24, 2.45) is 17.6 Å².